The van der Waals surface area contributed by atoms with Gasteiger partial charge in [0.15, 0.2) is 0 Å². The Kier molecular flexibility index (Phi) is 15.9. The van der Waals surface area contributed by atoms with Crippen molar-refractivity contribution in [3.8, 4) is 0 Å². The van der Waals surface area contributed by atoms with E-state index in [-0.39, 0.29) is 6.67 Å². The lowest BCUT2D eigenvalue weighted by atomic mass is 10.1. The first-order valence-electron chi connectivity index (χ1n) is 8.97. The molecular formula is C19H36FNO. The zero-order chi connectivity index (χ0) is 16.5. The number of hydroxylamine groups is 2. The first kappa shape index (κ1) is 21.2. The van der Waals surface area contributed by atoms with Gasteiger partial charge < -0.3 is 0 Å². The van der Waals surface area contributed by atoms with Gasteiger partial charge in [-0.15, -0.1) is 0 Å². The van der Waals surface area contributed by atoms with Crippen LogP contribution in [0.5, 0.6) is 0 Å². The summed E-state index contributed by atoms with van der Waals surface area (Å²) in [5.74, 6) is 0. The third-order valence-electron chi connectivity index (χ3n) is 3.71. The molecular weight excluding hydrogens is 277 g/mol. The van der Waals surface area contributed by atoms with E-state index < -0.39 is 0 Å². The summed E-state index contributed by atoms with van der Waals surface area (Å²) in [5, 5.41) is 1.80. The number of hydrogen-bond acceptors (Lipinski definition) is 2. The molecule has 0 aliphatic rings. The van der Waals surface area contributed by atoms with Crippen LogP contribution in [0, 0.1) is 0 Å². The molecule has 3 heteroatoms. The molecule has 0 radical (unpaired) electrons. The number of halogens is 1. The minimum absolute atomic E-state index is 0.158. The molecule has 0 atom stereocenters. The number of allylic oxidation sites excluding steroid dienone is 3. The molecule has 0 bridgehead atoms. The molecule has 22 heavy (non-hydrogen) atoms. The Bertz CT molecular complexity index is 279. The van der Waals surface area contributed by atoms with Crippen molar-refractivity contribution in [3.05, 3.63) is 24.4 Å². The molecule has 0 spiro atoms. The predicted molar refractivity (Wildman–Crippen MR) is 94.4 cm³/mol. The van der Waals surface area contributed by atoms with Crippen LogP contribution in [0.25, 0.3) is 0 Å². The van der Waals surface area contributed by atoms with E-state index in [9.17, 15) is 4.39 Å². The number of unbranched alkanes of at least 4 members (excludes halogenated alkanes) is 7. The zero-order valence-electron chi connectivity index (χ0n) is 14.8. The maximum absolute atomic E-state index is 11.9. The second kappa shape index (κ2) is 16.5. The summed E-state index contributed by atoms with van der Waals surface area (Å²) in [6, 6.07) is 0. The van der Waals surface area contributed by atoms with Crippen LogP contribution in [0.3, 0.4) is 0 Å². The fourth-order valence-corrected chi connectivity index (χ4v) is 2.24. The van der Waals surface area contributed by atoms with Gasteiger partial charge in [-0.05, 0) is 38.5 Å². The zero-order valence-corrected chi connectivity index (χ0v) is 14.8. The van der Waals surface area contributed by atoms with Gasteiger partial charge >= 0.3 is 0 Å². The van der Waals surface area contributed by atoms with Gasteiger partial charge in [-0.2, -0.15) is 0 Å². The van der Waals surface area contributed by atoms with E-state index >= 15 is 0 Å². The molecule has 0 amide bonds. The maximum Gasteiger partial charge on any atom is 0.0894 e. The number of alkyl halides is 1. The van der Waals surface area contributed by atoms with Gasteiger partial charge in [0.2, 0.25) is 0 Å². The first-order chi connectivity index (χ1) is 10.7. The van der Waals surface area contributed by atoms with Crippen LogP contribution in [0.15, 0.2) is 24.4 Å². The molecule has 0 saturated carbocycles. The van der Waals surface area contributed by atoms with Crippen molar-refractivity contribution >= 4 is 0 Å². The average molecular weight is 314 g/mol. The number of nitrogens with zero attached hydrogens (tertiary/aromatic N) is 1. The Labute approximate surface area is 137 Å². The minimum atomic E-state index is -0.158. The maximum atomic E-state index is 11.9. The van der Waals surface area contributed by atoms with Crippen LogP contribution in [0.2, 0.25) is 0 Å². The van der Waals surface area contributed by atoms with Crippen molar-refractivity contribution in [2.24, 2.45) is 0 Å². The SMILES string of the molecule is C=C(CCC)N(C)OCCCC=CCCCCCCCCF. The molecule has 0 aromatic rings. The molecule has 0 aromatic carbocycles. The van der Waals surface area contributed by atoms with Crippen molar-refractivity contribution in [1.29, 1.82) is 0 Å². The summed E-state index contributed by atoms with van der Waals surface area (Å²) in [5.41, 5.74) is 1.05. The second-order valence-electron chi connectivity index (χ2n) is 5.86. The van der Waals surface area contributed by atoms with E-state index in [1.807, 2.05) is 7.05 Å². The number of hydrogen-bond donors (Lipinski definition) is 0. The smallest absolute Gasteiger partial charge is 0.0894 e. The van der Waals surface area contributed by atoms with Crippen molar-refractivity contribution in [1.82, 2.24) is 5.06 Å². The molecule has 0 fully saturated rings. The molecule has 0 heterocycles. The van der Waals surface area contributed by atoms with E-state index in [4.69, 9.17) is 4.84 Å². The Morgan fingerprint density at radius 3 is 2.23 bits per heavy atom. The fourth-order valence-electron chi connectivity index (χ4n) is 2.24. The van der Waals surface area contributed by atoms with Gasteiger partial charge in [0, 0.05) is 12.7 Å². The van der Waals surface area contributed by atoms with Crippen molar-refractivity contribution in [2.75, 3.05) is 20.3 Å². The first-order valence-corrected chi connectivity index (χ1v) is 8.97. The van der Waals surface area contributed by atoms with E-state index in [2.05, 4.69) is 25.7 Å². The van der Waals surface area contributed by atoms with Crippen LogP contribution in [-0.2, 0) is 4.84 Å². The average Bonchev–Trinajstić information content (AvgIpc) is 2.51. The van der Waals surface area contributed by atoms with E-state index in [0.29, 0.717) is 0 Å². The van der Waals surface area contributed by atoms with Gasteiger partial charge in [-0.25, -0.2) is 0 Å². The monoisotopic (exact) mass is 313 g/mol. The molecule has 0 saturated heterocycles. The fraction of sp³-hybridized carbons (Fsp3) is 0.789. The van der Waals surface area contributed by atoms with Crippen LogP contribution in [0.1, 0.15) is 77.6 Å². The van der Waals surface area contributed by atoms with E-state index in [0.717, 1.165) is 57.2 Å². The Balaban J connectivity index is 3.29. The predicted octanol–water partition coefficient (Wildman–Crippen LogP) is 6.20. The highest BCUT2D eigenvalue weighted by molar-refractivity contribution is 4.87. The van der Waals surface area contributed by atoms with Crippen molar-refractivity contribution in [2.45, 2.75) is 77.6 Å². The third-order valence-corrected chi connectivity index (χ3v) is 3.71. The van der Waals surface area contributed by atoms with Gasteiger partial charge in [0.05, 0.1) is 13.3 Å². The summed E-state index contributed by atoms with van der Waals surface area (Å²) >= 11 is 0. The Morgan fingerprint density at radius 2 is 1.59 bits per heavy atom. The normalized spacial score (nSPS) is 11.2. The molecule has 130 valence electrons. The lowest BCUT2D eigenvalue weighted by Crippen LogP contribution is -2.18. The molecule has 0 rings (SSSR count). The van der Waals surface area contributed by atoms with Crippen LogP contribution < -0.4 is 0 Å². The van der Waals surface area contributed by atoms with Crippen LogP contribution >= 0.6 is 0 Å². The second-order valence-corrected chi connectivity index (χ2v) is 5.86. The van der Waals surface area contributed by atoms with Gasteiger partial charge in [0.1, 0.15) is 0 Å². The summed E-state index contributed by atoms with van der Waals surface area (Å²) in [7, 11) is 1.93. The van der Waals surface area contributed by atoms with Crippen molar-refractivity contribution in [3.63, 3.8) is 0 Å². The van der Waals surface area contributed by atoms with E-state index in [1.165, 1.54) is 25.7 Å². The molecule has 0 aliphatic heterocycles. The quantitative estimate of drug-likeness (QED) is 0.191. The van der Waals surface area contributed by atoms with Crippen molar-refractivity contribution < 1.29 is 9.23 Å². The van der Waals surface area contributed by atoms with Gasteiger partial charge in [0.25, 0.3) is 0 Å². The Morgan fingerprint density at radius 1 is 1.00 bits per heavy atom. The summed E-state index contributed by atoms with van der Waals surface area (Å²) in [6.45, 7) is 6.73. The molecule has 2 nitrogen and oxygen atoms in total. The minimum Gasteiger partial charge on any atom is -0.274 e. The molecule has 0 N–H and O–H groups in total. The largest absolute Gasteiger partial charge is 0.274 e. The molecule has 0 unspecified atom stereocenters. The highest BCUT2D eigenvalue weighted by Gasteiger charge is 2.00. The third kappa shape index (κ3) is 14.1. The number of rotatable bonds is 16. The highest BCUT2D eigenvalue weighted by Crippen LogP contribution is 2.09. The van der Waals surface area contributed by atoms with Crippen LogP contribution in [-0.4, -0.2) is 25.4 Å². The lowest BCUT2D eigenvalue weighted by molar-refractivity contribution is -0.114. The van der Waals surface area contributed by atoms with Gasteiger partial charge in [-0.3, -0.25) is 14.3 Å². The van der Waals surface area contributed by atoms with Crippen LogP contribution in [0.4, 0.5) is 4.39 Å². The highest BCUT2D eigenvalue weighted by atomic mass is 19.1. The summed E-state index contributed by atoms with van der Waals surface area (Å²) in [4.78, 5) is 5.62. The standard InChI is InChI=1S/C19H36FNO/c1-4-16-19(2)21(3)22-18-15-13-11-9-7-5-6-8-10-12-14-17-20/h9,11H,2,4-8,10,12-18H2,1,3H3. The Hall–Kier alpha value is -0.830. The molecule has 0 aliphatic carbocycles. The lowest BCUT2D eigenvalue weighted by Gasteiger charge is -2.20. The van der Waals surface area contributed by atoms with E-state index in [1.54, 1.807) is 5.06 Å². The van der Waals surface area contributed by atoms with Gasteiger partial charge in [-0.1, -0.05) is 57.8 Å². The summed E-state index contributed by atoms with van der Waals surface area (Å²) < 4.78 is 11.9. The molecule has 0 aromatic heterocycles. The summed E-state index contributed by atoms with van der Waals surface area (Å²) in [6.07, 6.45) is 16.6. The topological polar surface area (TPSA) is 12.5 Å².